The highest BCUT2D eigenvalue weighted by molar-refractivity contribution is 5.99. The molecule has 0 spiro atoms. The highest BCUT2D eigenvalue weighted by Crippen LogP contribution is 2.27. The Kier molecular flexibility index (Phi) is 6.00. The van der Waals surface area contributed by atoms with E-state index >= 15 is 0 Å². The zero-order chi connectivity index (χ0) is 17.5. The third-order valence-electron chi connectivity index (χ3n) is 4.06. The fraction of sp³-hybridized carbons (Fsp3) is 0.438. The molecule has 0 bridgehead atoms. The number of nitrogens with two attached hydrogens (primary N) is 1. The predicted molar refractivity (Wildman–Crippen MR) is 86.3 cm³/mol. The average molecular weight is 331 g/mol. The van der Waals surface area contributed by atoms with Crippen LogP contribution in [0.5, 0.6) is 0 Å². The summed E-state index contributed by atoms with van der Waals surface area (Å²) in [6.07, 6.45) is 8.92. The summed E-state index contributed by atoms with van der Waals surface area (Å²) in [7, 11) is 0. The molecule has 1 atom stereocenters. The van der Waals surface area contributed by atoms with E-state index in [2.05, 4.69) is 27.2 Å². The van der Waals surface area contributed by atoms with Crippen molar-refractivity contribution in [1.29, 1.82) is 0 Å². The van der Waals surface area contributed by atoms with Gasteiger partial charge in [-0.3, -0.25) is 19.4 Å². The maximum Gasteiger partial charge on any atom is 0.272 e. The Balaban J connectivity index is 2.13. The Morgan fingerprint density at radius 1 is 1.21 bits per heavy atom. The molecule has 128 valence electrons. The van der Waals surface area contributed by atoms with Crippen molar-refractivity contribution in [2.45, 2.75) is 38.1 Å². The van der Waals surface area contributed by atoms with Gasteiger partial charge in [0.25, 0.3) is 11.8 Å². The van der Waals surface area contributed by atoms with E-state index < -0.39 is 23.8 Å². The first kappa shape index (κ1) is 17.6. The van der Waals surface area contributed by atoms with Crippen molar-refractivity contribution in [3.8, 4) is 0 Å². The van der Waals surface area contributed by atoms with E-state index in [1.165, 1.54) is 18.6 Å². The van der Waals surface area contributed by atoms with Crippen molar-refractivity contribution in [2.75, 3.05) is 0 Å². The second-order valence-corrected chi connectivity index (χ2v) is 5.77. The number of hydrogen-bond acceptors (Lipinski definition) is 5. The van der Waals surface area contributed by atoms with Crippen molar-refractivity contribution < 1.29 is 14.4 Å². The van der Waals surface area contributed by atoms with Crippen LogP contribution in [0.15, 0.2) is 30.9 Å². The van der Waals surface area contributed by atoms with Gasteiger partial charge in [-0.15, -0.1) is 0 Å². The molecule has 4 N–H and O–H groups in total. The van der Waals surface area contributed by atoms with Crippen LogP contribution in [-0.4, -0.2) is 33.7 Å². The molecule has 1 aliphatic rings. The van der Waals surface area contributed by atoms with Gasteiger partial charge in [-0.1, -0.05) is 25.8 Å². The SMILES string of the molecule is C=C(NC(=O)[C@@H](NC(=O)c1cnccn1)C1CCCCC1)C(N)=O. The second-order valence-electron chi connectivity index (χ2n) is 5.77. The van der Waals surface area contributed by atoms with Gasteiger partial charge < -0.3 is 16.4 Å². The van der Waals surface area contributed by atoms with E-state index in [-0.39, 0.29) is 17.3 Å². The largest absolute Gasteiger partial charge is 0.364 e. The number of carbonyl (C=O) groups excluding carboxylic acids is 3. The third-order valence-corrected chi connectivity index (χ3v) is 4.06. The number of amides is 3. The molecule has 24 heavy (non-hydrogen) atoms. The molecule has 1 heterocycles. The van der Waals surface area contributed by atoms with E-state index in [9.17, 15) is 14.4 Å². The minimum atomic E-state index is -0.814. The second kappa shape index (κ2) is 8.19. The maximum atomic E-state index is 12.5. The molecule has 1 aromatic heterocycles. The molecule has 0 aromatic carbocycles. The van der Waals surface area contributed by atoms with E-state index in [1.807, 2.05) is 0 Å². The number of primary amides is 1. The number of carbonyl (C=O) groups is 3. The molecule has 0 saturated heterocycles. The van der Waals surface area contributed by atoms with Gasteiger partial charge in [-0.25, -0.2) is 4.98 Å². The molecule has 1 saturated carbocycles. The number of hydrogen-bond donors (Lipinski definition) is 3. The van der Waals surface area contributed by atoms with Crippen molar-refractivity contribution in [1.82, 2.24) is 20.6 Å². The molecule has 0 unspecified atom stereocenters. The quantitative estimate of drug-likeness (QED) is 0.645. The molecule has 3 amide bonds. The predicted octanol–water partition coefficient (Wildman–Crippen LogP) is 0.270. The van der Waals surface area contributed by atoms with Crippen LogP contribution in [0, 0.1) is 5.92 Å². The van der Waals surface area contributed by atoms with Crippen LogP contribution in [0.25, 0.3) is 0 Å². The average Bonchev–Trinajstić information content (AvgIpc) is 2.60. The van der Waals surface area contributed by atoms with Gasteiger partial charge in [0.1, 0.15) is 11.7 Å². The number of nitrogens with zero attached hydrogens (tertiary/aromatic N) is 2. The lowest BCUT2D eigenvalue weighted by atomic mass is 9.83. The molecule has 1 fully saturated rings. The van der Waals surface area contributed by atoms with Crippen LogP contribution in [0.4, 0.5) is 0 Å². The Labute approximate surface area is 139 Å². The first-order valence-electron chi connectivity index (χ1n) is 7.85. The Morgan fingerprint density at radius 3 is 2.50 bits per heavy atom. The topological polar surface area (TPSA) is 127 Å². The third kappa shape index (κ3) is 4.61. The molecular weight excluding hydrogens is 310 g/mol. The van der Waals surface area contributed by atoms with E-state index in [1.54, 1.807) is 0 Å². The van der Waals surface area contributed by atoms with Gasteiger partial charge >= 0.3 is 0 Å². The summed E-state index contributed by atoms with van der Waals surface area (Å²) in [6.45, 7) is 3.42. The molecule has 1 aromatic rings. The van der Waals surface area contributed by atoms with Crippen LogP contribution in [0.3, 0.4) is 0 Å². The number of aromatic nitrogens is 2. The van der Waals surface area contributed by atoms with Gasteiger partial charge in [0, 0.05) is 12.4 Å². The maximum absolute atomic E-state index is 12.5. The van der Waals surface area contributed by atoms with E-state index in [0.717, 1.165) is 32.1 Å². The molecule has 8 heteroatoms. The smallest absolute Gasteiger partial charge is 0.272 e. The highest BCUT2D eigenvalue weighted by atomic mass is 16.2. The fourth-order valence-corrected chi connectivity index (χ4v) is 2.78. The summed E-state index contributed by atoms with van der Waals surface area (Å²) < 4.78 is 0. The van der Waals surface area contributed by atoms with Crippen LogP contribution in [-0.2, 0) is 9.59 Å². The lowest BCUT2D eigenvalue weighted by Gasteiger charge is -2.30. The van der Waals surface area contributed by atoms with Crippen molar-refractivity contribution >= 4 is 17.7 Å². The lowest BCUT2D eigenvalue weighted by molar-refractivity contribution is -0.125. The van der Waals surface area contributed by atoms with Gasteiger partial charge in [0.2, 0.25) is 5.91 Å². The van der Waals surface area contributed by atoms with Gasteiger partial charge in [0.05, 0.1) is 11.9 Å². The Hall–Kier alpha value is -2.77. The standard InChI is InChI=1S/C16H21N5O3/c1-10(14(17)22)20-16(24)13(11-5-3-2-4-6-11)21-15(23)12-9-18-7-8-19-12/h7-9,11,13H,1-6H2,(H2,17,22)(H,20,24)(H,21,23)/t13-/m0/s1. The fourth-order valence-electron chi connectivity index (χ4n) is 2.78. The number of nitrogens with one attached hydrogen (secondary N) is 2. The minimum absolute atomic E-state index is 0.0138. The normalized spacial score (nSPS) is 16.0. The Bertz CT molecular complexity index is 626. The Morgan fingerprint density at radius 2 is 1.92 bits per heavy atom. The van der Waals surface area contributed by atoms with E-state index in [4.69, 9.17) is 5.73 Å². The minimum Gasteiger partial charge on any atom is -0.364 e. The highest BCUT2D eigenvalue weighted by Gasteiger charge is 2.32. The first-order chi connectivity index (χ1) is 11.5. The van der Waals surface area contributed by atoms with Gasteiger partial charge in [-0.2, -0.15) is 0 Å². The summed E-state index contributed by atoms with van der Waals surface area (Å²) in [5.74, 6) is -1.81. The first-order valence-corrected chi connectivity index (χ1v) is 7.85. The zero-order valence-electron chi connectivity index (χ0n) is 13.3. The molecule has 2 rings (SSSR count). The van der Waals surface area contributed by atoms with Crippen molar-refractivity contribution in [3.05, 3.63) is 36.6 Å². The summed E-state index contributed by atoms with van der Waals surface area (Å²) in [5.41, 5.74) is 5.02. The molecule has 1 aliphatic carbocycles. The van der Waals surface area contributed by atoms with Crippen LogP contribution in [0.1, 0.15) is 42.6 Å². The van der Waals surface area contributed by atoms with E-state index in [0.29, 0.717) is 0 Å². The lowest BCUT2D eigenvalue weighted by Crippen LogP contribution is -2.52. The van der Waals surface area contributed by atoms with Crippen molar-refractivity contribution in [2.24, 2.45) is 11.7 Å². The molecular formula is C16H21N5O3. The summed E-state index contributed by atoms with van der Waals surface area (Å²) in [5, 5.41) is 5.08. The molecule has 0 radical (unpaired) electrons. The summed E-state index contributed by atoms with van der Waals surface area (Å²) in [4.78, 5) is 43.7. The summed E-state index contributed by atoms with van der Waals surface area (Å²) >= 11 is 0. The zero-order valence-corrected chi connectivity index (χ0v) is 13.3. The van der Waals surface area contributed by atoms with Gasteiger partial charge in [-0.05, 0) is 18.8 Å². The van der Waals surface area contributed by atoms with Crippen molar-refractivity contribution in [3.63, 3.8) is 0 Å². The molecule has 0 aliphatic heterocycles. The van der Waals surface area contributed by atoms with Gasteiger partial charge in [0.15, 0.2) is 0 Å². The van der Waals surface area contributed by atoms with Crippen LogP contribution < -0.4 is 16.4 Å². The molecule has 8 nitrogen and oxygen atoms in total. The monoisotopic (exact) mass is 331 g/mol. The van der Waals surface area contributed by atoms with Crippen LogP contribution >= 0.6 is 0 Å². The summed E-state index contributed by atoms with van der Waals surface area (Å²) in [6, 6.07) is -0.782. The van der Waals surface area contributed by atoms with Crippen LogP contribution in [0.2, 0.25) is 0 Å². The number of rotatable bonds is 6.